The molecular weight excluding hydrogens is 430 g/mol. The lowest BCUT2D eigenvalue weighted by molar-refractivity contribution is -0.118. The normalized spacial score (nSPS) is 16.7. The van der Waals surface area contributed by atoms with Crippen molar-refractivity contribution in [1.29, 1.82) is 0 Å². The average Bonchev–Trinajstić information content (AvgIpc) is 3.30. The molecule has 172 valence electrons. The van der Waals surface area contributed by atoms with Crippen molar-refractivity contribution in [3.8, 4) is 11.5 Å². The van der Waals surface area contributed by atoms with Crippen molar-refractivity contribution in [2.75, 3.05) is 24.4 Å². The first-order valence-electron chi connectivity index (χ1n) is 11.1. The molecule has 0 bridgehead atoms. The van der Waals surface area contributed by atoms with Crippen LogP contribution in [0.15, 0.2) is 84.9 Å². The summed E-state index contributed by atoms with van der Waals surface area (Å²) < 4.78 is 12.7. The number of aromatic nitrogens is 3. The molecule has 2 atom stereocenters. The van der Waals surface area contributed by atoms with E-state index in [0.717, 1.165) is 23.3 Å². The highest BCUT2D eigenvalue weighted by molar-refractivity contribution is 5.90. The molecule has 1 aliphatic rings. The Morgan fingerprint density at radius 3 is 2.38 bits per heavy atom. The number of nitrogens with one attached hydrogen (secondary N) is 2. The van der Waals surface area contributed by atoms with Gasteiger partial charge in [-0.25, -0.2) is 4.68 Å². The number of anilines is 2. The SMILES string of the molecule is COc1ccc([C@@H]2C[C@@H](c3ccccc3)n3nc(NC(=O)COc4ccccc4)nc3N2)cc1. The predicted molar refractivity (Wildman–Crippen MR) is 129 cm³/mol. The molecule has 2 N–H and O–H groups in total. The second-order valence-electron chi connectivity index (χ2n) is 7.99. The third kappa shape index (κ3) is 4.71. The lowest BCUT2D eigenvalue weighted by atomic mass is 9.93. The monoisotopic (exact) mass is 455 g/mol. The van der Waals surface area contributed by atoms with E-state index < -0.39 is 0 Å². The molecule has 3 aromatic carbocycles. The summed E-state index contributed by atoms with van der Waals surface area (Å²) in [6, 6.07) is 27.4. The van der Waals surface area contributed by atoms with Crippen LogP contribution in [0.2, 0.25) is 0 Å². The largest absolute Gasteiger partial charge is 0.497 e. The van der Waals surface area contributed by atoms with Gasteiger partial charge in [0.05, 0.1) is 19.2 Å². The number of fused-ring (bicyclic) bond motifs is 1. The summed E-state index contributed by atoms with van der Waals surface area (Å²) in [6.07, 6.45) is 0.775. The van der Waals surface area contributed by atoms with Crippen molar-refractivity contribution in [3.05, 3.63) is 96.1 Å². The molecule has 0 saturated heterocycles. The van der Waals surface area contributed by atoms with Gasteiger partial charge in [0, 0.05) is 0 Å². The van der Waals surface area contributed by atoms with E-state index in [0.29, 0.717) is 11.7 Å². The van der Waals surface area contributed by atoms with Gasteiger partial charge < -0.3 is 14.8 Å². The van der Waals surface area contributed by atoms with E-state index in [9.17, 15) is 4.79 Å². The van der Waals surface area contributed by atoms with Gasteiger partial charge in [-0.3, -0.25) is 10.1 Å². The number of hydrogen-bond acceptors (Lipinski definition) is 6. The first-order chi connectivity index (χ1) is 16.7. The highest BCUT2D eigenvalue weighted by Gasteiger charge is 2.31. The van der Waals surface area contributed by atoms with Crippen LogP contribution in [0.1, 0.15) is 29.6 Å². The lowest BCUT2D eigenvalue weighted by Crippen LogP contribution is -2.28. The Labute approximate surface area is 197 Å². The van der Waals surface area contributed by atoms with E-state index in [1.165, 1.54) is 0 Å². The Morgan fingerprint density at radius 2 is 1.68 bits per heavy atom. The van der Waals surface area contributed by atoms with Crippen LogP contribution in [0.3, 0.4) is 0 Å². The molecule has 1 aromatic heterocycles. The van der Waals surface area contributed by atoms with Crippen LogP contribution in [0.4, 0.5) is 11.9 Å². The zero-order chi connectivity index (χ0) is 23.3. The number of rotatable bonds is 7. The molecule has 0 unspecified atom stereocenters. The molecule has 0 radical (unpaired) electrons. The van der Waals surface area contributed by atoms with Crippen LogP contribution >= 0.6 is 0 Å². The molecule has 34 heavy (non-hydrogen) atoms. The minimum atomic E-state index is -0.324. The fourth-order valence-electron chi connectivity index (χ4n) is 4.06. The molecule has 2 heterocycles. The van der Waals surface area contributed by atoms with Gasteiger partial charge in [0.1, 0.15) is 11.5 Å². The number of amides is 1. The van der Waals surface area contributed by atoms with E-state index in [4.69, 9.17) is 9.47 Å². The second-order valence-corrected chi connectivity index (χ2v) is 7.99. The average molecular weight is 456 g/mol. The molecule has 0 aliphatic carbocycles. The minimum absolute atomic E-state index is 0.0257. The van der Waals surface area contributed by atoms with Crippen molar-refractivity contribution < 1.29 is 14.3 Å². The molecule has 0 fully saturated rings. The second kappa shape index (κ2) is 9.66. The van der Waals surface area contributed by atoms with Crippen LogP contribution < -0.4 is 20.1 Å². The summed E-state index contributed by atoms with van der Waals surface area (Å²) in [5, 5.41) is 10.8. The summed E-state index contributed by atoms with van der Waals surface area (Å²) in [4.78, 5) is 17.0. The van der Waals surface area contributed by atoms with Crippen LogP contribution in [0.25, 0.3) is 0 Å². The Bertz CT molecular complexity index is 1240. The van der Waals surface area contributed by atoms with Gasteiger partial charge in [-0.1, -0.05) is 60.7 Å². The zero-order valence-corrected chi connectivity index (χ0v) is 18.7. The highest BCUT2D eigenvalue weighted by Crippen LogP contribution is 2.38. The van der Waals surface area contributed by atoms with E-state index in [1.807, 2.05) is 65.3 Å². The number of carbonyl (C=O) groups excluding carboxylic acids is 1. The Kier molecular flexibility index (Phi) is 6.11. The summed E-state index contributed by atoms with van der Waals surface area (Å²) in [6.45, 7) is -0.127. The topological polar surface area (TPSA) is 90.3 Å². The van der Waals surface area contributed by atoms with Gasteiger partial charge in [0.15, 0.2) is 6.61 Å². The Morgan fingerprint density at radius 1 is 0.971 bits per heavy atom. The standard InChI is InChI=1S/C26H25N5O3/c1-33-20-14-12-18(13-15-20)22-16-23(19-8-4-2-5-9-19)31-26(27-22)29-25(30-31)28-24(32)17-34-21-10-6-3-7-11-21/h2-15,22-23H,16-17H2,1H3,(H2,27,28,29,30,32)/t22-,23-/m0/s1. The maximum Gasteiger partial charge on any atom is 0.264 e. The summed E-state index contributed by atoms with van der Waals surface area (Å²) in [5.74, 6) is 1.95. The van der Waals surface area contributed by atoms with Crippen LogP contribution in [-0.2, 0) is 4.79 Å². The summed E-state index contributed by atoms with van der Waals surface area (Å²) >= 11 is 0. The van der Waals surface area contributed by atoms with E-state index >= 15 is 0 Å². The molecule has 1 aliphatic heterocycles. The van der Waals surface area contributed by atoms with Crippen molar-refractivity contribution in [1.82, 2.24) is 14.8 Å². The van der Waals surface area contributed by atoms with E-state index in [1.54, 1.807) is 19.2 Å². The van der Waals surface area contributed by atoms with Crippen LogP contribution in [0, 0.1) is 0 Å². The van der Waals surface area contributed by atoms with Crippen molar-refractivity contribution >= 4 is 17.8 Å². The number of nitrogens with zero attached hydrogens (tertiary/aromatic N) is 3. The van der Waals surface area contributed by atoms with E-state index in [-0.39, 0.29) is 30.5 Å². The van der Waals surface area contributed by atoms with Gasteiger partial charge in [0.2, 0.25) is 5.95 Å². The highest BCUT2D eigenvalue weighted by atomic mass is 16.5. The first kappa shape index (κ1) is 21.5. The maximum absolute atomic E-state index is 12.4. The molecule has 1 amide bonds. The zero-order valence-electron chi connectivity index (χ0n) is 18.7. The number of methoxy groups -OCH3 is 1. The Hall–Kier alpha value is -4.33. The van der Waals surface area contributed by atoms with Crippen LogP contribution in [-0.4, -0.2) is 34.4 Å². The number of hydrogen-bond donors (Lipinski definition) is 2. The fraction of sp³-hybridized carbons (Fsp3) is 0.192. The van der Waals surface area contributed by atoms with Crippen molar-refractivity contribution in [2.24, 2.45) is 0 Å². The van der Waals surface area contributed by atoms with Gasteiger partial charge in [0.25, 0.3) is 11.9 Å². The molecule has 0 spiro atoms. The number of benzene rings is 3. The minimum Gasteiger partial charge on any atom is -0.497 e. The summed E-state index contributed by atoms with van der Waals surface area (Å²) in [5.41, 5.74) is 2.25. The van der Waals surface area contributed by atoms with Crippen molar-refractivity contribution in [3.63, 3.8) is 0 Å². The van der Waals surface area contributed by atoms with Crippen molar-refractivity contribution in [2.45, 2.75) is 18.5 Å². The molecule has 5 rings (SSSR count). The van der Waals surface area contributed by atoms with Gasteiger partial charge in [-0.05, 0) is 41.8 Å². The number of ether oxygens (including phenoxy) is 2. The lowest BCUT2D eigenvalue weighted by Gasteiger charge is -2.31. The Balaban J connectivity index is 1.37. The smallest absolute Gasteiger partial charge is 0.264 e. The fourth-order valence-corrected chi connectivity index (χ4v) is 4.06. The molecule has 8 heteroatoms. The van der Waals surface area contributed by atoms with E-state index in [2.05, 4.69) is 32.8 Å². The maximum atomic E-state index is 12.4. The number of para-hydroxylation sites is 1. The molecular formula is C26H25N5O3. The first-order valence-corrected chi connectivity index (χ1v) is 11.1. The third-order valence-corrected chi connectivity index (χ3v) is 5.76. The number of carbonyl (C=O) groups is 1. The van der Waals surface area contributed by atoms with Crippen LogP contribution in [0.5, 0.6) is 11.5 Å². The molecule has 4 aromatic rings. The quantitative estimate of drug-likeness (QED) is 0.428. The molecule has 8 nitrogen and oxygen atoms in total. The summed E-state index contributed by atoms with van der Waals surface area (Å²) in [7, 11) is 1.66. The van der Waals surface area contributed by atoms with Gasteiger partial charge in [-0.15, -0.1) is 5.10 Å². The molecule has 0 saturated carbocycles. The van der Waals surface area contributed by atoms with Gasteiger partial charge >= 0.3 is 0 Å². The third-order valence-electron chi connectivity index (χ3n) is 5.76. The van der Waals surface area contributed by atoms with Gasteiger partial charge in [-0.2, -0.15) is 4.98 Å². The predicted octanol–water partition coefficient (Wildman–Crippen LogP) is 4.45.